The van der Waals surface area contributed by atoms with Crippen LogP contribution in [-0.2, 0) is 11.3 Å². The molecule has 0 heterocycles. The first-order valence-corrected chi connectivity index (χ1v) is 8.01. The van der Waals surface area contributed by atoms with Gasteiger partial charge in [-0.05, 0) is 42.0 Å². The number of nitrogens with zero attached hydrogens (tertiary/aromatic N) is 1. The first-order valence-electron chi connectivity index (χ1n) is 7.22. The number of carbonyl (C=O) groups is 2. The highest BCUT2D eigenvalue weighted by Gasteiger charge is 2.10. The summed E-state index contributed by atoms with van der Waals surface area (Å²) in [6.07, 6.45) is 1.35. The van der Waals surface area contributed by atoms with Gasteiger partial charge in [0.25, 0.3) is 5.91 Å². The second kappa shape index (κ2) is 8.66. The average Bonchev–Trinajstić information content (AvgIpc) is 2.59. The lowest BCUT2D eigenvalue weighted by atomic mass is 10.2. The maximum atomic E-state index is 12.1. The summed E-state index contributed by atoms with van der Waals surface area (Å²) in [6, 6.07) is 15.2. The number of nitrogens with one attached hydrogen (secondary N) is 2. The first kappa shape index (κ1) is 18.2. The Bertz CT molecular complexity index is 855. The van der Waals surface area contributed by atoms with E-state index in [0.29, 0.717) is 12.2 Å². The molecule has 0 saturated heterocycles. The van der Waals surface area contributed by atoms with Crippen molar-refractivity contribution >= 4 is 33.5 Å². The van der Waals surface area contributed by atoms with Crippen molar-refractivity contribution in [3.05, 3.63) is 75.9 Å². The zero-order valence-corrected chi connectivity index (χ0v) is 14.6. The van der Waals surface area contributed by atoms with Crippen molar-refractivity contribution in [2.24, 2.45) is 0 Å². The van der Waals surface area contributed by atoms with Gasteiger partial charge in [0.2, 0.25) is 0 Å². The van der Waals surface area contributed by atoms with Crippen LogP contribution in [0.1, 0.15) is 15.9 Å². The molecular weight excluding hydrogens is 386 g/mol. The van der Waals surface area contributed by atoms with Crippen molar-refractivity contribution in [3.8, 4) is 6.07 Å². The van der Waals surface area contributed by atoms with E-state index in [2.05, 4.69) is 26.6 Å². The van der Waals surface area contributed by atoms with Crippen LogP contribution >= 0.6 is 15.9 Å². The summed E-state index contributed by atoms with van der Waals surface area (Å²) < 4.78 is 0.943. The summed E-state index contributed by atoms with van der Waals surface area (Å²) in [4.78, 5) is 22.9. The molecule has 25 heavy (non-hydrogen) atoms. The minimum atomic E-state index is -1.05. The SMILES string of the molecule is N#C/C(=C/NCc1cccc(Br)c1)C(=O)Nc1ccc(C(=O)O)cc1. The van der Waals surface area contributed by atoms with Gasteiger partial charge in [0.15, 0.2) is 0 Å². The fourth-order valence-electron chi connectivity index (χ4n) is 1.96. The van der Waals surface area contributed by atoms with Crippen LogP contribution < -0.4 is 10.6 Å². The predicted octanol–water partition coefficient (Wildman–Crippen LogP) is 3.28. The Hall–Kier alpha value is -3.11. The van der Waals surface area contributed by atoms with Crippen LogP contribution in [0.2, 0.25) is 0 Å². The molecule has 3 N–H and O–H groups in total. The van der Waals surface area contributed by atoms with E-state index in [9.17, 15) is 9.59 Å². The van der Waals surface area contributed by atoms with Gasteiger partial charge in [-0.1, -0.05) is 28.1 Å². The van der Waals surface area contributed by atoms with E-state index in [4.69, 9.17) is 10.4 Å². The number of anilines is 1. The lowest BCUT2D eigenvalue weighted by molar-refractivity contribution is -0.112. The largest absolute Gasteiger partial charge is 0.478 e. The van der Waals surface area contributed by atoms with Gasteiger partial charge in [-0.25, -0.2) is 4.79 Å². The number of hydrogen-bond acceptors (Lipinski definition) is 4. The van der Waals surface area contributed by atoms with Gasteiger partial charge in [0.1, 0.15) is 11.6 Å². The smallest absolute Gasteiger partial charge is 0.335 e. The number of benzene rings is 2. The normalized spacial score (nSPS) is 10.6. The molecule has 2 rings (SSSR count). The molecule has 2 aromatic carbocycles. The van der Waals surface area contributed by atoms with Crippen molar-refractivity contribution in [1.29, 1.82) is 5.26 Å². The molecule has 0 fully saturated rings. The third-order valence-electron chi connectivity index (χ3n) is 3.20. The van der Waals surface area contributed by atoms with Crippen molar-refractivity contribution < 1.29 is 14.7 Å². The number of carboxylic acids is 1. The molecule has 0 atom stereocenters. The van der Waals surface area contributed by atoms with Gasteiger partial charge in [-0.3, -0.25) is 4.79 Å². The van der Waals surface area contributed by atoms with Crippen LogP contribution in [0, 0.1) is 11.3 Å². The molecular formula is C18H14BrN3O3. The molecule has 0 spiro atoms. The molecule has 6 nitrogen and oxygen atoms in total. The van der Waals surface area contributed by atoms with E-state index >= 15 is 0 Å². The van der Waals surface area contributed by atoms with Crippen LogP contribution in [0.4, 0.5) is 5.69 Å². The van der Waals surface area contributed by atoms with Gasteiger partial charge in [0.05, 0.1) is 5.56 Å². The summed E-state index contributed by atoms with van der Waals surface area (Å²) >= 11 is 3.37. The number of amides is 1. The number of halogens is 1. The molecule has 1 amide bonds. The summed E-state index contributed by atoms with van der Waals surface area (Å²) in [5.74, 6) is -1.63. The van der Waals surface area contributed by atoms with E-state index in [-0.39, 0.29) is 11.1 Å². The molecule has 126 valence electrons. The van der Waals surface area contributed by atoms with Gasteiger partial charge >= 0.3 is 5.97 Å². The average molecular weight is 400 g/mol. The highest BCUT2D eigenvalue weighted by Crippen LogP contribution is 2.12. The number of hydrogen-bond donors (Lipinski definition) is 3. The van der Waals surface area contributed by atoms with E-state index in [0.717, 1.165) is 10.0 Å². The van der Waals surface area contributed by atoms with E-state index < -0.39 is 11.9 Å². The third-order valence-corrected chi connectivity index (χ3v) is 3.69. The standard InChI is InChI=1S/C18H14BrN3O3/c19-15-3-1-2-12(8-15)10-21-11-14(9-20)17(23)22-16-6-4-13(5-7-16)18(24)25/h1-8,11,21H,10H2,(H,22,23)(H,24,25)/b14-11-. The van der Waals surface area contributed by atoms with Crippen LogP contribution in [0.5, 0.6) is 0 Å². The molecule has 2 aromatic rings. The Labute approximate surface area is 152 Å². The van der Waals surface area contributed by atoms with Crippen molar-refractivity contribution in [2.75, 3.05) is 5.32 Å². The highest BCUT2D eigenvalue weighted by atomic mass is 79.9. The second-order valence-electron chi connectivity index (χ2n) is 5.02. The molecule has 0 aliphatic rings. The molecule has 0 aliphatic carbocycles. The maximum Gasteiger partial charge on any atom is 0.335 e. The quantitative estimate of drug-likeness (QED) is 0.510. The maximum absolute atomic E-state index is 12.1. The van der Waals surface area contributed by atoms with Gasteiger partial charge in [-0.15, -0.1) is 0 Å². The lowest BCUT2D eigenvalue weighted by Gasteiger charge is -2.06. The summed E-state index contributed by atoms with van der Waals surface area (Å²) in [7, 11) is 0. The Morgan fingerprint density at radius 2 is 1.92 bits per heavy atom. The predicted molar refractivity (Wildman–Crippen MR) is 96.7 cm³/mol. The minimum absolute atomic E-state index is 0.0858. The molecule has 7 heteroatoms. The number of aromatic carboxylic acids is 1. The molecule has 0 aromatic heterocycles. The number of carbonyl (C=O) groups excluding carboxylic acids is 1. The van der Waals surface area contributed by atoms with Gasteiger partial charge in [0, 0.05) is 22.9 Å². The Balaban J connectivity index is 1.97. The topological polar surface area (TPSA) is 102 Å². The number of carboxylic acid groups (broad SMARTS) is 1. The van der Waals surface area contributed by atoms with Crippen LogP contribution in [0.3, 0.4) is 0 Å². The zero-order chi connectivity index (χ0) is 18.2. The van der Waals surface area contributed by atoms with Crippen LogP contribution in [-0.4, -0.2) is 17.0 Å². The van der Waals surface area contributed by atoms with Crippen molar-refractivity contribution in [1.82, 2.24) is 5.32 Å². The van der Waals surface area contributed by atoms with E-state index in [1.807, 2.05) is 30.3 Å². The van der Waals surface area contributed by atoms with Gasteiger partial charge in [-0.2, -0.15) is 5.26 Å². The van der Waals surface area contributed by atoms with Crippen LogP contribution in [0.25, 0.3) is 0 Å². The zero-order valence-electron chi connectivity index (χ0n) is 13.0. The summed E-state index contributed by atoms with van der Waals surface area (Å²) in [5.41, 5.74) is 1.43. The molecule has 0 aliphatic heterocycles. The molecule has 0 radical (unpaired) electrons. The minimum Gasteiger partial charge on any atom is -0.478 e. The monoisotopic (exact) mass is 399 g/mol. The number of rotatable bonds is 6. The summed E-state index contributed by atoms with van der Waals surface area (Å²) in [5, 5.41) is 23.4. The third kappa shape index (κ3) is 5.48. The highest BCUT2D eigenvalue weighted by molar-refractivity contribution is 9.10. The lowest BCUT2D eigenvalue weighted by Crippen LogP contribution is -2.16. The van der Waals surface area contributed by atoms with E-state index in [1.54, 1.807) is 0 Å². The Kier molecular flexibility index (Phi) is 6.32. The number of nitriles is 1. The Morgan fingerprint density at radius 1 is 1.20 bits per heavy atom. The molecule has 0 unspecified atom stereocenters. The fraction of sp³-hybridized carbons (Fsp3) is 0.0556. The van der Waals surface area contributed by atoms with Gasteiger partial charge < -0.3 is 15.7 Å². The van der Waals surface area contributed by atoms with Crippen molar-refractivity contribution in [3.63, 3.8) is 0 Å². The summed E-state index contributed by atoms with van der Waals surface area (Å²) in [6.45, 7) is 0.464. The van der Waals surface area contributed by atoms with Crippen LogP contribution in [0.15, 0.2) is 64.8 Å². The van der Waals surface area contributed by atoms with E-state index in [1.165, 1.54) is 30.5 Å². The van der Waals surface area contributed by atoms with Crippen molar-refractivity contribution in [2.45, 2.75) is 6.54 Å². The fourth-order valence-corrected chi connectivity index (χ4v) is 2.41. The molecule has 0 saturated carbocycles. The second-order valence-corrected chi connectivity index (χ2v) is 5.93. The molecule has 0 bridgehead atoms. The first-order chi connectivity index (χ1) is 12.0. The Morgan fingerprint density at radius 3 is 2.52 bits per heavy atom.